The molecule has 3 aromatic rings. The number of fused-ring (bicyclic) bond motifs is 3. The van der Waals surface area contributed by atoms with E-state index in [2.05, 4.69) is 20.9 Å². The van der Waals surface area contributed by atoms with Gasteiger partial charge in [-0.25, -0.2) is 14.8 Å². The number of nitrogen functional groups attached to an aromatic ring is 1. The molecule has 1 fully saturated rings. The largest absolute Gasteiger partial charge is 0.384 e. The molecule has 0 atom stereocenters. The lowest BCUT2D eigenvalue weighted by Gasteiger charge is -2.16. The number of pyridine rings is 1. The van der Waals surface area contributed by atoms with Gasteiger partial charge in [-0.3, -0.25) is 0 Å². The fourth-order valence-corrected chi connectivity index (χ4v) is 4.15. The lowest BCUT2D eigenvalue weighted by atomic mass is 10.2. The smallest absolute Gasteiger partial charge is 0.317 e. The van der Waals surface area contributed by atoms with Crippen LogP contribution in [0.15, 0.2) is 24.3 Å². The summed E-state index contributed by atoms with van der Waals surface area (Å²) in [4.78, 5) is 23.4. The minimum atomic E-state index is 0.0613. The average Bonchev–Trinajstić information content (AvgIpc) is 3.41. The number of hydrogen-bond donors (Lipinski definition) is 2. The third-order valence-corrected chi connectivity index (χ3v) is 5.70. The molecule has 1 saturated heterocycles. The van der Waals surface area contributed by atoms with E-state index in [1.54, 1.807) is 7.11 Å². The van der Waals surface area contributed by atoms with Crippen LogP contribution in [0.5, 0.6) is 0 Å². The summed E-state index contributed by atoms with van der Waals surface area (Å²) in [6.07, 6.45) is 4.77. The molecule has 0 spiro atoms. The Hall–Kier alpha value is -2.87. The predicted octanol–water partition coefficient (Wildman–Crippen LogP) is 2.94. The van der Waals surface area contributed by atoms with Crippen LogP contribution < -0.4 is 11.1 Å². The lowest BCUT2D eigenvalue weighted by molar-refractivity contribution is 0.199. The van der Waals surface area contributed by atoms with E-state index in [1.165, 1.54) is 0 Å². The van der Waals surface area contributed by atoms with Crippen molar-refractivity contribution in [2.24, 2.45) is 0 Å². The number of nitrogens with zero attached hydrogens (tertiary/aromatic N) is 4. The first-order valence-electron chi connectivity index (χ1n) is 10.7. The van der Waals surface area contributed by atoms with Crippen LogP contribution in [0, 0.1) is 0 Å². The second-order valence-electron chi connectivity index (χ2n) is 7.77. The number of imidazole rings is 1. The fourth-order valence-electron chi connectivity index (χ4n) is 4.15. The number of carbonyl (C=O) groups excluding carboxylic acids is 1. The van der Waals surface area contributed by atoms with Gasteiger partial charge in [0.15, 0.2) is 5.82 Å². The first-order chi connectivity index (χ1) is 14.7. The van der Waals surface area contributed by atoms with Gasteiger partial charge in [0.25, 0.3) is 0 Å². The van der Waals surface area contributed by atoms with Crippen molar-refractivity contribution in [2.75, 3.05) is 39.1 Å². The molecule has 3 heterocycles. The summed E-state index contributed by atoms with van der Waals surface area (Å²) in [5, 5.41) is 4.10. The number of aryl methyl sites for hydroxylation is 1. The number of benzene rings is 1. The molecule has 2 amide bonds. The standard InChI is InChI=1S/C22H30N6O2/c1-30-15-10-18-26-19-20(16-8-2-3-9-17(16)25-21(19)23)28(18)14-5-4-11-24-22(29)27-12-6-7-13-27/h2-3,8-9H,4-7,10-15H2,1H3,(H2,23,25)(H,24,29). The summed E-state index contributed by atoms with van der Waals surface area (Å²) in [5.41, 5.74) is 8.89. The number of nitrogens with one attached hydrogen (secondary N) is 1. The molecule has 2 aromatic heterocycles. The van der Waals surface area contributed by atoms with Gasteiger partial charge in [0.1, 0.15) is 11.3 Å². The number of ether oxygens (including phenoxy) is 1. The number of para-hydroxylation sites is 1. The summed E-state index contributed by atoms with van der Waals surface area (Å²) >= 11 is 0. The number of likely N-dealkylation sites (tertiary alicyclic amines) is 1. The number of carbonyl (C=O) groups is 1. The van der Waals surface area contributed by atoms with Gasteiger partial charge < -0.3 is 25.3 Å². The normalized spacial score (nSPS) is 14.1. The molecule has 0 saturated carbocycles. The zero-order valence-electron chi connectivity index (χ0n) is 17.6. The monoisotopic (exact) mass is 410 g/mol. The first kappa shape index (κ1) is 20.4. The van der Waals surface area contributed by atoms with Gasteiger partial charge in [0, 0.05) is 45.1 Å². The van der Waals surface area contributed by atoms with Crippen molar-refractivity contribution < 1.29 is 9.53 Å². The van der Waals surface area contributed by atoms with Crippen LogP contribution >= 0.6 is 0 Å². The Morgan fingerprint density at radius 1 is 1.20 bits per heavy atom. The van der Waals surface area contributed by atoms with Crippen LogP contribution in [0.3, 0.4) is 0 Å². The topological polar surface area (TPSA) is 98.3 Å². The lowest BCUT2D eigenvalue weighted by Crippen LogP contribution is -2.38. The van der Waals surface area contributed by atoms with E-state index in [0.29, 0.717) is 25.4 Å². The van der Waals surface area contributed by atoms with Crippen molar-refractivity contribution in [3.63, 3.8) is 0 Å². The molecule has 4 rings (SSSR count). The highest BCUT2D eigenvalue weighted by Gasteiger charge is 2.18. The summed E-state index contributed by atoms with van der Waals surface area (Å²) < 4.78 is 7.53. The second kappa shape index (κ2) is 9.30. The highest BCUT2D eigenvalue weighted by Crippen LogP contribution is 2.29. The van der Waals surface area contributed by atoms with Gasteiger partial charge in [-0.2, -0.15) is 0 Å². The van der Waals surface area contributed by atoms with Crippen LogP contribution in [0.4, 0.5) is 10.6 Å². The quantitative estimate of drug-likeness (QED) is 0.557. The Labute approximate surface area is 176 Å². The number of anilines is 1. The molecule has 3 N–H and O–H groups in total. The minimum Gasteiger partial charge on any atom is -0.384 e. The maximum absolute atomic E-state index is 12.1. The van der Waals surface area contributed by atoms with Gasteiger partial charge in [-0.05, 0) is 31.7 Å². The number of rotatable bonds is 8. The van der Waals surface area contributed by atoms with Crippen LogP contribution in [-0.2, 0) is 17.7 Å². The number of urea groups is 1. The third-order valence-electron chi connectivity index (χ3n) is 5.70. The molecule has 1 aromatic carbocycles. The first-order valence-corrected chi connectivity index (χ1v) is 10.7. The van der Waals surface area contributed by atoms with Gasteiger partial charge in [0.2, 0.25) is 0 Å². The van der Waals surface area contributed by atoms with E-state index in [9.17, 15) is 4.79 Å². The Morgan fingerprint density at radius 2 is 2.00 bits per heavy atom. The SMILES string of the molecule is COCCc1nc2c(N)nc3ccccc3c2n1CCCCNC(=O)N1CCCC1. The molecule has 1 aliphatic heterocycles. The Kier molecular flexibility index (Phi) is 6.32. The molecular weight excluding hydrogens is 380 g/mol. The molecule has 0 bridgehead atoms. The number of nitrogens with two attached hydrogens (primary N) is 1. The fraction of sp³-hybridized carbons (Fsp3) is 0.500. The van der Waals surface area contributed by atoms with E-state index >= 15 is 0 Å². The maximum Gasteiger partial charge on any atom is 0.317 e. The number of hydrogen-bond acceptors (Lipinski definition) is 5. The van der Waals surface area contributed by atoms with Crippen molar-refractivity contribution >= 4 is 33.8 Å². The molecule has 8 nitrogen and oxygen atoms in total. The Morgan fingerprint density at radius 3 is 2.80 bits per heavy atom. The van der Waals surface area contributed by atoms with E-state index < -0.39 is 0 Å². The van der Waals surface area contributed by atoms with Crippen molar-refractivity contribution in [1.82, 2.24) is 24.8 Å². The third kappa shape index (κ3) is 4.18. The summed E-state index contributed by atoms with van der Waals surface area (Å²) in [7, 11) is 1.70. The van der Waals surface area contributed by atoms with Crippen LogP contribution in [0.25, 0.3) is 21.9 Å². The Balaban J connectivity index is 1.50. The van der Waals surface area contributed by atoms with Gasteiger partial charge in [-0.1, -0.05) is 18.2 Å². The van der Waals surface area contributed by atoms with Crippen molar-refractivity contribution in [3.8, 4) is 0 Å². The molecule has 0 unspecified atom stereocenters. The molecular formula is C22H30N6O2. The van der Waals surface area contributed by atoms with E-state index in [1.807, 2.05) is 23.1 Å². The van der Waals surface area contributed by atoms with Gasteiger partial charge >= 0.3 is 6.03 Å². The Bertz CT molecular complexity index is 1030. The van der Waals surface area contributed by atoms with Crippen molar-refractivity contribution in [1.29, 1.82) is 0 Å². The van der Waals surface area contributed by atoms with Gasteiger partial charge in [0.05, 0.1) is 17.6 Å². The van der Waals surface area contributed by atoms with E-state index in [0.717, 1.165) is 73.1 Å². The summed E-state index contributed by atoms with van der Waals surface area (Å²) in [6.45, 7) is 3.83. The van der Waals surface area contributed by atoms with Gasteiger partial charge in [-0.15, -0.1) is 0 Å². The molecule has 0 radical (unpaired) electrons. The van der Waals surface area contributed by atoms with Crippen LogP contribution in [-0.4, -0.2) is 58.8 Å². The van der Waals surface area contributed by atoms with Crippen molar-refractivity contribution in [2.45, 2.75) is 38.6 Å². The predicted molar refractivity (Wildman–Crippen MR) is 118 cm³/mol. The molecule has 30 heavy (non-hydrogen) atoms. The maximum atomic E-state index is 12.1. The summed E-state index contributed by atoms with van der Waals surface area (Å²) in [6, 6.07) is 8.09. The van der Waals surface area contributed by atoms with E-state index in [-0.39, 0.29) is 6.03 Å². The average molecular weight is 411 g/mol. The number of amides is 2. The van der Waals surface area contributed by atoms with Crippen molar-refractivity contribution in [3.05, 3.63) is 30.1 Å². The zero-order valence-corrected chi connectivity index (χ0v) is 17.6. The highest BCUT2D eigenvalue weighted by atomic mass is 16.5. The van der Waals surface area contributed by atoms with Crippen LogP contribution in [0.1, 0.15) is 31.5 Å². The molecule has 1 aliphatic rings. The van der Waals surface area contributed by atoms with E-state index in [4.69, 9.17) is 15.5 Å². The minimum absolute atomic E-state index is 0.0613. The highest BCUT2D eigenvalue weighted by molar-refractivity contribution is 6.06. The summed E-state index contributed by atoms with van der Waals surface area (Å²) in [5.74, 6) is 1.41. The number of unbranched alkanes of at least 4 members (excludes halogenated alkanes) is 1. The zero-order chi connectivity index (χ0) is 20.9. The van der Waals surface area contributed by atoms with Crippen LogP contribution in [0.2, 0.25) is 0 Å². The molecule has 160 valence electrons. The number of aromatic nitrogens is 3. The molecule has 8 heteroatoms. The second-order valence-corrected chi connectivity index (χ2v) is 7.77. The number of methoxy groups -OCH3 is 1. The molecule has 0 aliphatic carbocycles.